The third-order valence-electron chi connectivity index (χ3n) is 1.87. The Morgan fingerprint density at radius 3 is 2.24 bits per heavy atom. The van der Waals surface area contributed by atoms with E-state index in [9.17, 15) is 18.0 Å². The molecule has 0 bridgehead atoms. The second-order valence-corrected chi connectivity index (χ2v) is 4.92. The van der Waals surface area contributed by atoms with Crippen molar-refractivity contribution in [1.29, 1.82) is 0 Å². The van der Waals surface area contributed by atoms with Crippen LogP contribution in [0.15, 0.2) is 35.2 Å². The van der Waals surface area contributed by atoms with Crippen molar-refractivity contribution in [3.63, 3.8) is 0 Å². The smallest absolute Gasteiger partial charge is 0.303 e. The van der Waals surface area contributed by atoms with Crippen LogP contribution in [0.3, 0.4) is 0 Å². The predicted molar refractivity (Wildman–Crippen MR) is 58.6 cm³/mol. The van der Waals surface area contributed by atoms with Gasteiger partial charge in [-0.25, -0.2) is 13.1 Å². The summed E-state index contributed by atoms with van der Waals surface area (Å²) < 4.78 is 25.0. The summed E-state index contributed by atoms with van der Waals surface area (Å²) in [5.74, 6) is -1.99. The Bertz CT molecular complexity index is 509. The van der Waals surface area contributed by atoms with Gasteiger partial charge in [0.25, 0.3) is 10.0 Å². The van der Waals surface area contributed by atoms with E-state index < -0.39 is 28.3 Å². The highest BCUT2D eigenvalue weighted by molar-refractivity contribution is 7.90. The molecule has 1 aromatic carbocycles. The van der Waals surface area contributed by atoms with Gasteiger partial charge in [0.05, 0.1) is 11.3 Å². The summed E-state index contributed by atoms with van der Waals surface area (Å²) in [5, 5.41) is 8.35. The van der Waals surface area contributed by atoms with Crippen molar-refractivity contribution in [3.05, 3.63) is 30.3 Å². The van der Waals surface area contributed by atoms with Crippen LogP contribution in [-0.2, 0) is 19.6 Å². The lowest BCUT2D eigenvalue weighted by Gasteiger charge is -2.05. The number of hydrogen-bond donors (Lipinski definition) is 2. The van der Waals surface area contributed by atoms with E-state index in [-0.39, 0.29) is 11.3 Å². The Hall–Kier alpha value is -1.89. The zero-order valence-corrected chi connectivity index (χ0v) is 9.61. The lowest BCUT2D eigenvalue weighted by molar-refractivity contribution is -0.138. The van der Waals surface area contributed by atoms with E-state index in [2.05, 4.69) is 0 Å². The van der Waals surface area contributed by atoms with Crippen molar-refractivity contribution in [3.8, 4) is 0 Å². The van der Waals surface area contributed by atoms with Crippen LogP contribution in [0, 0.1) is 0 Å². The summed E-state index contributed by atoms with van der Waals surface area (Å²) >= 11 is 0. The summed E-state index contributed by atoms with van der Waals surface area (Å²) in [6.45, 7) is 0. The quantitative estimate of drug-likeness (QED) is 0.793. The van der Waals surface area contributed by atoms with Gasteiger partial charge in [0.1, 0.15) is 0 Å². The Morgan fingerprint density at radius 1 is 1.12 bits per heavy atom. The molecule has 0 unspecified atom stereocenters. The molecule has 6 nitrogen and oxygen atoms in total. The van der Waals surface area contributed by atoms with Crippen LogP contribution in [0.25, 0.3) is 0 Å². The van der Waals surface area contributed by atoms with Gasteiger partial charge in [-0.3, -0.25) is 9.59 Å². The molecule has 0 aliphatic carbocycles. The molecule has 1 amide bonds. The standard InChI is InChI=1S/C10H11NO5S/c12-9(6-7-10(13)14)11-17(15,16)8-4-2-1-3-5-8/h1-5H,6-7H2,(H,11,12)(H,13,14). The molecule has 0 aliphatic rings. The zero-order chi connectivity index (χ0) is 12.9. The van der Waals surface area contributed by atoms with Crippen molar-refractivity contribution in [2.24, 2.45) is 0 Å². The maximum Gasteiger partial charge on any atom is 0.303 e. The van der Waals surface area contributed by atoms with Crippen LogP contribution in [-0.4, -0.2) is 25.4 Å². The van der Waals surface area contributed by atoms with Crippen molar-refractivity contribution in [2.45, 2.75) is 17.7 Å². The maximum atomic E-state index is 11.6. The number of rotatable bonds is 5. The third kappa shape index (κ3) is 4.23. The fourth-order valence-corrected chi connectivity index (χ4v) is 2.12. The molecule has 0 heterocycles. The summed E-state index contributed by atoms with van der Waals surface area (Å²) in [4.78, 5) is 21.4. The zero-order valence-electron chi connectivity index (χ0n) is 8.79. The minimum absolute atomic E-state index is 0.0383. The van der Waals surface area contributed by atoms with Crippen molar-refractivity contribution in [1.82, 2.24) is 4.72 Å². The molecule has 0 radical (unpaired) electrons. The van der Waals surface area contributed by atoms with Gasteiger partial charge in [0, 0.05) is 6.42 Å². The lowest BCUT2D eigenvalue weighted by atomic mass is 10.3. The minimum Gasteiger partial charge on any atom is -0.481 e. The van der Waals surface area contributed by atoms with E-state index in [1.807, 2.05) is 0 Å². The van der Waals surface area contributed by atoms with Gasteiger partial charge in [-0.2, -0.15) is 0 Å². The molecule has 0 aliphatic heterocycles. The summed E-state index contributed by atoms with van der Waals surface area (Å²) in [7, 11) is -3.90. The highest BCUT2D eigenvalue weighted by Crippen LogP contribution is 2.07. The first-order valence-electron chi connectivity index (χ1n) is 4.74. The van der Waals surface area contributed by atoms with E-state index in [1.54, 1.807) is 10.8 Å². The Labute approximate surface area is 98.3 Å². The molecule has 1 rings (SSSR count). The number of sulfonamides is 1. The third-order valence-corrected chi connectivity index (χ3v) is 3.26. The molecule has 0 fully saturated rings. The van der Waals surface area contributed by atoms with Gasteiger partial charge < -0.3 is 5.11 Å². The highest BCUT2D eigenvalue weighted by atomic mass is 32.2. The second-order valence-electron chi connectivity index (χ2n) is 3.24. The van der Waals surface area contributed by atoms with E-state index in [0.29, 0.717) is 0 Å². The fraction of sp³-hybridized carbons (Fsp3) is 0.200. The molecule has 0 aromatic heterocycles. The van der Waals surface area contributed by atoms with Crippen LogP contribution >= 0.6 is 0 Å². The van der Waals surface area contributed by atoms with Gasteiger partial charge in [-0.05, 0) is 12.1 Å². The van der Waals surface area contributed by atoms with E-state index in [0.717, 1.165) is 0 Å². The maximum absolute atomic E-state index is 11.6. The number of hydrogen-bond acceptors (Lipinski definition) is 4. The summed E-state index contributed by atoms with van der Waals surface area (Å²) in [6.07, 6.45) is -0.780. The first-order chi connectivity index (χ1) is 7.92. The Kier molecular flexibility index (Phi) is 4.22. The van der Waals surface area contributed by atoms with Crippen LogP contribution in [0.5, 0.6) is 0 Å². The molecule has 1 aromatic rings. The predicted octanol–water partition coefficient (Wildman–Crippen LogP) is 0.356. The molecule has 0 atom stereocenters. The Balaban J connectivity index is 2.68. The largest absolute Gasteiger partial charge is 0.481 e. The minimum atomic E-state index is -3.90. The molecule has 0 spiro atoms. The second kappa shape index (κ2) is 5.44. The normalized spacial score (nSPS) is 10.8. The molecule has 2 N–H and O–H groups in total. The first-order valence-corrected chi connectivity index (χ1v) is 6.22. The first kappa shape index (κ1) is 13.2. The topological polar surface area (TPSA) is 101 Å². The number of benzene rings is 1. The number of carbonyl (C=O) groups excluding carboxylic acids is 1. The van der Waals surface area contributed by atoms with Gasteiger partial charge in [0.2, 0.25) is 5.91 Å². The van der Waals surface area contributed by atoms with Crippen molar-refractivity contribution >= 4 is 21.9 Å². The monoisotopic (exact) mass is 257 g/mol. The number of carboxylic acid groups (broad SMARTS) is 1. The van der Waals surface area contributed by atoms with E-state index in [1.165, 1.54) is 24.3 Å². The van der Waals surface area contributed by atoms with Gasteiger partial charge in [0.15, 0.2) is 0 Å². The van der Waals surface area contributed by atoms with Gasteiger partial charge >= 0.3 is 5.97 Å². The van der Waals surface area contributed by atoms with E-state index >= 15 is 0 Å². The van der Waals surface area contributed by atoms with Crippen LogP contribution in [0.4, 0.5) is 0 Å². The van der Waals surface area contributed by atoms with Crippen LogP contribution in [0.2, 0.25) is 0 Å². The number of aliphatic carboxylic acids is 1. The van der Waals surface area contributed by atoms with Gasteiger partial charge in [-0.1, -0.05) is 18.2 Å². The SMILES string of the molecule is O=C(O)CCC(=O)NS(=O)(=O)c1ccccc1. The van der Waals surface area contributed by atoms with Crippen molar-refractivity contribution in [2.75, 3.05) is 0 Å². The average molecular weight is 257 g/mol. The molecule has 0 saturated carbocycles. The highest BCUT2D eigenvalue weighted by Gasteiger charge is 2.17. The number of carboxylic acids is 1. The van der Waals surface area contributed by atoms with Crippen molar-refractivity contribution < 1.29 is 23.1 Å². The van der Waals surface area contributed by atoms with E-state index in [4.69, 9.17) is 5.11 Å². The molecular formula is C10H11NO5S. The average Bonchev–Trinajstić information content (AvgIpc) is 2.27. The van der Waals surface area contributed by atoms with Crippen LogP contribution in [0.1, 0.15) is 12.8 Å². The molecular weight excluding hydrogens is 246 g/mol. The number of carbonyl (C=O) groups is 2. The number of nitrogens with one attached hydrogen (secondary N) is 1. The summed E-state index contributed by atoms with van der Waals surface area (Å²) in [5.41, 5.74) is 0. The lowest BCUT2D eigenvalue weighted by Crippen LogP contribution is -2.30. The Morgan fingerprint density at radius 2 is 1.71 bits per heavy atom. The fourth-order valence-electron chi connectivity index (χ4n) is 1.08. The summed E-state index contributed by atoms with van der Waals surface area (Å²) in [6, 6.07) is 7.37. The molecule has 17 heavy (non-hydrogen) atoms. The van der Waals surface area contributed by atoms with Crippen LogP contribution < -0.4 is 4.72 Å². The van der Waals surface area contributed by atoms with Gasteiger partial charge in [-0.15, -0.1) is 0 Å². The molecule has 0 saturated heterocycles. The number of amides is 1. The molecule has 7 heteroatoms. The molecule has 92 valence electrons.